The molecule has 6 heteroatoms. The first-order valence-electron chi connectivity index (χ1n) is 6.63. The van der Waals surface area contributed by atoms with Gasteiger partial charge >= 0.3 is 0 Å². The summed E-state index contributed by atoms with van der Waals surface area (Å²) in [6.07, 6.45) is 3.57. The lowest BCUT2D eigenvalue weighted by Crippen LogP contribution is -2.34. The quantitative estimate of drug-likeness (QED) is 0.861. The zero-order chi connectivity index (χ0) is 15.2. The highest BCUT2D eigenvalue weighted by atomic mass is 32.2. The van der Waals surface area contributed by atoms with Gasteiger partial charge in [0, 0.05) is 17.4 Å². The summed E-state index contributed by atoms with van der Waals surface area (Å²) in [6.45, 7) is 1.99. The number of ether oxygens (including phenoxy) is 1. The molecule has 0 aliphatic rings. The van der Waals surface area contributed by atoms with Gasteiger partial charge in [-0.2, -0.15) is 16.9 Å². The second kappa shape index (κ2) is 7.17. The SMILES string of the molecule is COc1ccc(-c2[nH]ncc2C(=O)N[C@@H](C)CSC)cc1. The molecule has 5 nitrogen and oxygen atoms in total. The number of aromatic amines is 1. The number of nitrogens with one attached hydrogen (secondary N) is 2. The van der Waals surface area contributed by atoms with Crippen molar-refractivity contribution < 1.29 is 9.53 Å². The van der Waals surface area contributed by atoms with E-state index in [1.165, 1.54) is 0 Å². The van der Waals surface area contributed by atoms with E-state index in [0.717, 1.165) is 17.1 Å². The first-order chi connectivity index (χ1) is 10.2. The lowest BCUT2D eigenvalue weighted by atomic mass is 10.1. The average molecular weight is 305 g/mol. The molecule has 0 bridgehead atoms. The van der Waals surface area contributed by atoms with E-state index in [1.54, 1.807) is 25.1 Å². The summed E-state index contributed by atoms with van der Waals surface area (Å²) in [5.41, 5.74) is 2.16. The van der Waals surface area contributed by atoms with Gasteiger partial charge < -0.3 is 10.1 Å². The molecule has 0 saturated heterocycles. The molecule has 1 atom stereocenters. The predicted octanol–water partition coefficient (Wildman–Crippen LogP) is 2.57. The van der Waals surface area contributed by atoms with Gasteiger partial charge in [-0.15, -0.1) is 0 Å². The molecule has 21 heavy (non-hydrogen) atoms. The van der Waals surface area contributed by atoms with Crippen LogP contribution in [0.5, 0.6) is 5.75 Å². The lowest BCUT2D eigenvalue weighted by Gasteiger charge is -2.12. The van der Waals surface area contributed by atoms with Crippen LogP contribution in [0.1, 0.15) is 17.3 Å². The fourth-order valence-corrected chi connectivity index (χ4v) is 2.61. The summed E-state index contributed by atoms with van der Waals surface area (Å²) in [7, 11) is 1.62. The number of rotatable bonds is 6. The molecule has 0 spiro atoms. The molecule has 112 valence electrons. The Hall–Kier alpha value is -1.95. The number of methoxy groups -OCH3 is 1. The van der Waals surface area contributed by atoms with E-state index in [1.807, 2.05) is 37.4 Å². The average Bonchev–Trinajstić information content (AvgIpc) is 2.97. The third-order valence-corrected chi connectivity index (χ3v) is 3.89. The highest BCUT2D eigenvalue weighted by molar-refractivity contribution is 7.98. The van der Waals surface area contributed by atoms with Crippen LogP contribution < -0.4 is 10.1 Å². The van der Waals surface area contributed by atoms with Crippen LogP contribution in [0, 0.1) is 0 Å². The van der Waals surface area contributed by atoms with Crippen molar-refractivity contribution in [2.75, 3.05) is 19.1 Å². The van der Waals surface area contributed by atoms with Crippen molar-refractivity contribution in [3.05, 3.63) is 36.0 Å². The van der Waals surface area contributed by atoms with Crippen LogP contribution in [0.15, 0.2) is 30.5 Å². The molecule has 2 rings (SSSR count). The summed E-state index contributed by atoms with van der Waals surface area (Å²) < 4.78 is 5.14. The Bertz CT molecular complexity index is 595. The van der Waals surface area contributed by atoms with E-state index in [-0.39, 0.29) is 11.9 Å². The minimum absolute atomic E-state index is 0.115. The van der Waals surface area contributed by atoms with Gasteiger partial charge in [0.25, 0.3) is 5.91 Å². The summed E-state index contributed by atoms with van der Waals surface area (Å²) in [6, 6.07) is 7.62. The standard InChI is InChI=1S/C15H19N3O2S/c1-10(9-21-3)17-15(19)13-8-16-18-14(13)11-4-6-12(20-2)7-5-11/h4-8,10H,9H2,1-3H3,(H,16,18)(H,17,19)/t10-/m0/s1. The molecule has 0 aliphatic carbocycles. The summed E-state index contributed by atoms with van der Waals surface area (Å²) >= 11 is 1.70. The third-order valence-electron chi connectivity index (χ3n) is 3.06. The number of carbonyl (C=O) groups excluding carboxylic acids is 1. The predicted molar refractivity (Wildman–Crippen MR) is 85.9 cm³/mol. The van der Waals surface area contributed by atoms with E-state index in [0.29, 0.717) is 11.3 Å². The Morgan fingerprint density at radius 1 is 1.43 bits per heavy atom. The lowest BCUT2D eigenvalue weighted by molar-refractivity contribution is 0.0944. The van der Waals surface area contributed by atoms with Gasteiger partial charge in [0.15, 0.2) is 0 Å². The van der Waals surface area contributed by atoms with Crippen LogP contribution >= 0.6 is 11.8 Å². The Balaban J connectivity index is 2.19. The minimum Gasteiger partial charge on any atom is -0.497 e. The first-order valence-corrected chi connectivity index (χ1v) is 8.02. The Morgan fingerprint density at radius 3 is 2.76 bits per heavy atom. The van der Waals surface area contributed by atoms with Crippen molar-refractivity contribution in [2.24, 2.45) is 0 Å². The Labute approximate surface area is 128 Å². The van der Waals surface area contributed by atoms with E-state index >= 15 is 0 Å². The van der Waals surface area contributed by atoms with E-state index < -0.39 is 0 Å². The molecular formula is C15H19N3O2S. The third kappa shape index (κ3) is 3.78. The zero-order valence-electron chi connectivity index (χ0n) is 12.3. The summed E-state index contributed by atoms with van der Waals surface area (Å²) in [5, 5.41) is 9.85. The molecule has 0 saturated carbocycles. The van der Waals surface area contributed by atoms with Crippen molar-refractivity contribution in [2.45, 2.75) is 13.0 Å². The number of benzene rings is 1. The largest absolute Gasteiger partial charge is 0.497 e. The zero-order valence-corrected chi connectivity index (χ0v) is 13.2. The van der Waals surface area contributed by atoms with Gasteiger partial charge in [0.2, 0.25) is 0 Å². The topological polar surface area (TPSA) is 67.0 Å². The highest BCUT2D eigenvalue weighted by Crippen LogP contribution is 2.23. The monoisotopic (exact) mass is 305 g/mol. The second-order valence-corrected chi connectivity index (χ2v) is 5.63. The maximum absolute atomic E-state index is 12.3. The van der Waals surface area contributed by atoms with Crippen molar-refractivity contribution in [3.8, 4) is 17.0 Å². The van der Waals surface area contributed by atoms with Crippen LogP contribution in [-0.4, -0.2) is 41.3 Å². The van der Waals surface area contributed by atoms with Crippen LogP contribution in [0.4, 0.5) is 0 Å². The Morgan fingerprint density at radius 2 is 2.14 bits per heavy atom. The molecular weight excluding hydrogens is 286 g/mol. The molecule has 2 aromatic rings. The molecule has 0 unspecified atom stereocenters. The smallest absolute Gasteiger partial charge is 0.255 e. The maximum Gasteiger partial charge on any atom is 0.255 e. The molecule has 1 aromatic carbocycles. The van der Waals surface area contributed by atoms with Gasteiger partial charge in [-0.25, -0.2) is 0 Å². The van der Waals surface area contributed by atoms with Gasteiger partial charge in [0.1, 0.15) is 5.75 Å². The molecule has 1 heterocycles. The molecule has 0 aliphatic heterocycles. The molecule has 0 radical (unpaired) electrons. The van der Waals surface area contributed by atoms with Gasteiger partial charge in [-0.05, 0) is 37.4 Å². The number of amides is 1. The van der Waals surface area contributed by atoms with Gasteiger partial charge in [0.05, 0.1) is 24.6 Å². The minimum atomic E-state index is -0.115. The highest BCUT2D eigenvalue weighted by Gasteiger charge is 2.16. The molecule has 2 N–H and O–H groups in total. The fourth-order valence-electron chi connectivity index (χ4n) is 2.03. The Kier molecular flexibility index (Phi) is 5.27. The number of carbonyl (C=O) groups is 1. The van der Waals surface area contributed by atoms with Crippen molar-refractivity contribution in [1.82, 2.24) is 15.5 Å². The van der Waals surface area contributed by atoms with E-state index in [2.05, 4.69) is 15.5 Å². The van der Waals surface area contributed by atoms with Crippen LogP contribution in [-0.2, 0) is 0 Å². The molecule has 0 fully saturated rings. The van der Waals surface area contributed by atoms with E-state index in [4.69, 9.17) is 4.74 Å². The number of hydrogen-bond acceptors (Lipinski definition) is 4. The fraction of sp³-hybridized carbons (Fsp3) is 0.333. The molecule has 1 aromatic heterocycles. The molecule has 1 amide bonds. The van der Waals surface area contributed by atoms with Crippen molar-refractivity contribution >= 4 is 17.7 Å². The van der Waals surface area contributed by atoms with Gasteiger partial charge in [-0.3, -0.25) is 9.89 Å². The number of thioether (sulfide) groups is 1. The van der Waals surface area contributed by atoms with Crippen LogP contribution in [0.2, 0.25) is 0 Å². The van der Waals surface area contributed by atoms with Crippen LogP contribution in [0.3, 0.4) is 0 Å². The first kappa shape index (κ1) is 15.4. The summed E-state index contributed by atoms with van der Waals surface area (Å²) in [5.74, 6) is 1.54. The number of nitrogens with zero attached hydrogens (tertiary/aromatic N) is 1. The number of aromatic nitrogens is 2. The van der Waals surface area contributed by atoms with Crippen molar-refractivity contribution in [1.29, 1.82) is 0 Å². The van der Waals surface area contributed by atoms with Crippen LogP contribution in [0.25, 0.3) is 11.3 Å². The maximum atomic E-state index is 12.3. The van der Waals surface area contributed by atoms with Gasteiger partial charge in [-0.1, -0.05) is 0 Å². The summed E-state index contributed by atoms with van der Waals surface area (Å²) in [4.78, 5) is 12.3. The normalized spacial score (nSPS) is 12.0. The van der Waals surface area contributed by atoms with E-state index in [9.17, 15) is 4.79 Å². The van der Waals surface area contributed by atoms with Crippen molar-refractivity contribution in [3.63, 3.8) is 0 Å². The number of hydrogen-bond donors (Lipinski definition) is 2. The second-order valence-electron chi connectivity index (χ2n) is 4.72. The number of H-pyrrole nitrogens is 1.